The maximum absolute atomic E-state index is 11.1. The molecule has 90 valence electrons. The van der Waals surface area contributed by atoms with E-state index in [2.05, 4.69) is 0 Å². The summed E-state index contributed by atoms with van der Waals surface area (Å²) in [5.74, 6) is -0.552. The van der Waals surface area contributed by atoms with Crippen LogP contribution in [0.4, 0.5) is 0 Å². The van der Waals surface area contributed by atoms with E-state index in [1.54, 1.807) is 6.92 Å². The van der Waals surface area contributed by atoms with Gasteiger partial charge in [-0.2, -0.15) is 0 Å². The number of aliphatic hydroxyl groups excluding tert-OH is 2. The van der Waals surface area contributed by atoms with E-state index in [1.807, 2.05) is 0 Å². The van der Waals surface area contributed by atoms with Crippen LogP contribution in [-0.2, 0) is 14.3 Å². The van der Waals surface area contributed by atoms with Gasteiger partial charge in [0, 0.05) is 0 Å². The van der Waals surface area contributed by atoms with E-state index < -0.39 is 18.1 Å². The van der Waals surface area contributed by atoms with Crippen molar-refractivity contribution in [3.05, 3.63) is 0 Å². The van der Waals surface area contributed by atoms with Gasteiger partial charge < -0.3 is 25.4 Å². The maximum atomic E-state index is 11.1. The van der Waals surface area contributed by atoms with Gasteiger partial charge in [0.25, 0.3) is 0 Å². The van der Waals surface area contributed by atoms with Crippen LogP contribution in [0.1, 0.15) is 13.3 Å². The summed E-state index contributed by atoms with van der Waals surface area (Å²) in [6, 6.07) is -0.803. The van der Waals surface area contributed by atoms with E-state index in [0.717, 1.165) is 0 Å². The van der Waals surface area contributed by atoms with Crippen LogP contribution >= 0.6 is 0 Å². The van der Waals surface area contributed by atoms with E-state index in [-0.39, 0.29) is 32.8 Å². The zero-order chi connectivity index (χ0) is 11.7. The molecule has 0 spiro atoms. The molecule has 0 heterocycles. The van der Waals surface area contributed by atoms with E-state index in [0.29, 0.717) is 0 Å². The first kappa shape index (κ1) is 14.3. The number of rotatable bonds is 8. The van der Waals surface area contributed by atoms with Crippen molar-refractivity contribution in [2.24, 2.45) is 5.73 Å². The van der Waals surface area contributed by atoms with Gasteiger partial charge in [-0.05, 0) is 13.3 Å². The highest BCUT2D eigenvalue weighted by molar-refractivity contribution is 5.75. The van der Waals surface area contributed by atoms with Crippen LogP contribution in [0.15, 0.2) is 0 Å². The van der Waals surface area contributed by atoms with Crippen molar-refractivity contribution in [3.63, 3.8) is 0 Å². The third-order valence-corrected chi connectivity index (χ3v) is 1.61. The first-order valence-electron chi connectivity index (χ1n) is 4.86. The minimum atomic E-state index is -0.803. The van der Waals surface area contributed by atoms with Gasteiger partial charge in [0.05, 0.1) is 25.9 Å². The fourth-order valence-corrected chi connectivity index (χ4v) is 0.939. The molecule has 0 aliphatic heterocycles. The molecule has 0 aliphatic carbocycles. The Morgan fingerprint density at radius 2 is 2.07 bits per heavy atom. The van der Waals surface area contributed by atoms with Gasteiger partial charge in [-0.15, -0.1) is 0 Å². The summed E-state index contributed by atoms with van der Waals surface area (Å²) in [5.41, 5.74) is 5.44. The third kappa shape index (κ3) is 8.31. The van der Waals surface area contributed by atoms with Crippen molar-refractivity contribution < 1.29 is 24.5 Å². The average molecular weight is 221 g/mol. The summed E-state index contributed by atoms with van der Waals surface area (Å²) < 4.78 is 9.65. The van der Waals surface area contributed by atoms with Gasteiger partial charge in [-0.25, -0.2) is 0 Å². The van der Waals surface area contributed by atoms with Crippen molar-refractivity contribution in [3.8, 4) is 0 Å². The van der Waals surface area contributed by atoms with E-state index >= 15 is 0 Å². The Kier molecular flexibility index (Phi) is 8.21. The molecule has 6 nitrogen and oxygen atoms in total. The molecule has 0 amide bonds. The van der Waals surface area contributed by atoms with Gasteiger partial charge >= 0.3 is 5.97 Å². The molecule has 4 N–H and O–H groups in total. The fourth-order valence-electron chi connectivity index (χ4n) is 0.939. The summed E-state index contributed by atoms with van der Waals surface area (Å²) in [4.78, 5) is 11.1. The molecule has 0 saturated heterocycles. The zero-order valence-corrected chi connectivity index (χ0v) is 8.89. The molecular weight excluding hydrogens is 202 g/mol. The molecule has 0 aromatic rings. The van der Waals surface area contributed by atoms with Crippen LogP contribution in [0.3, 0.4) is 0 Å². The highest BCUT2D eigenvalue weighted by atomic mass is 16.6. The van der Waals surface area contributed by atoms with E-state index in [9.17, 15) is 4.79 Å². The van der Waals surface area contributed by atoms with Crippen molar-refractivity contribution in [2.75, 3.05) is 26.4 Å². The predicted molar refractivity (Wildman–Crippen MR) is 53.1 cm³/mol. The summed E-state index contributed by atoms with van der Waals surface area (Å²) in [7, 11) is 0. The fraction of sp³-hybridized carbons (Fsp3) is 0.889. The quantitative estimate of drug-likeness (QED) is 0.345. The predicted octanol–water partition coefficient (Wildman–Crippen LogP) is -1.36. The number of carbonyl (C=O) groups excluding carboxylic acids is 1. The molecule has 2 atom stereocenters. The Morgan fingerprint density at radius 3 is 2.60 bits per heavy atom. The Labute approximate surface area is 89.0 Å². The number of hydrogen-bond donors (Lipinski definition) is 3. The van der Waals surface area contributed by atoms with Crippen molar-refractivity contribution in [1.82, 2.24) is 0 Å². The van der Waals surface area contributed by atoms with Gasteiger partial charge in [-0.3, -0.25) is 4.79 Å². The Balaban J connectivity index is 3.47. The van der Waals surface area contributed by atoms with Crippen molar-refractivity contribution >= 4 is 5.97 Å². The standard InChI is InChI=1S/C9H19NO5/c1-7(12)6-8(10)9(13)15-5-4-14-3-2-11/h7-8,11-12H,2-6,10H2,1H3. The lowest BCUT2D eigenvalue weighted by atomic mass is 10.1. The van der Waals surface area contributed by atoms with Gasteiger partial charge in [0.15, 0.2) is 0 Å². The Morgan fingerprint density at radius 1 is 1.40 bits per heavy atom. The van der Waals surface area contributed by atoms with Crippen LogP contribution in [0, 0.1) is 0 Å². The molecule has 0 radical (unpaired) electrons. The number of nitrogens with two attached hydrogens (primary N) is 1. The Bertz CT molecular complexity index is 174. The summed E-state index contributed by atoms with van der Waals surface area (Å²) >= 11 is 0. The lowest BCUT2D eigenvalue weighted by molar-refractivity contribution is -0.147. The van der Waals surface area contributed by atoms with Crippen LogP contribution < -0.4 is 5.73 Å². The second-order valence-corrected chi connectivity index (χ2v) is 3.19. The smallest absolute Gasteiger partial charge is 0.323 e. The molecular formula is C9H19NO5. The molecule has 0 fully saturated rings. The molecule has 0 bridgehead atoms. The lowest BCUT2D eigenvalue weighted by Crippen LogP contribution is -2.35. The van der Waals surface area contributed by atoms with Crippen LogP contribution in [0.5, 0.6) is 0 Å². The van der Waals surface area contributed by atoms with Crippen LogP contribution in [0.2, 0.25) is 0 Å². The van der Waals surface area contributed by atoms with Gasteiger partial charge in [-0.1, -0.05) is 0 Å². The summed E-state index contributed by atoms with van der Waals surface area (Å²) in [5, 5.41) is 17.4. The minimum Gasteiger partial charge on any atom is -0.462 e. The average Bonchev–Trinajstić information content (AvgIpc) is 2.16. The molecule has 15 heavy (non-hydrogen) atoms. The van der Waals surface area contributed by atoms with Crippen LogP contribution in [0.25, 0.3) is 0 Å². The van der Waals surface area contributed by atoms with Gasteiger partial charge in [0.1, 0.15) is 12.6 Å². The Hall–Kier alpha value is -0.690. The van der Waals surface area contributed by atoms with Gasteiger partial charge in [0.2, 0.25) is 0 Å². The van der Waals surface area contributed by atoms with Crippen molar-refractivity contribution in [1.29, 1.82) is 0 Å². The number of carbonyl (C=O) groups is 1. The highest BCUT2D eigenvalue weighted by Gasteiger charge is 2.16. The number of esters is 1. The molecule has 2 unspecified atom stereocenters. The molecule has 0 aromatic carbocycles. The number of ether oxygens (including phenoxy) is 2. The summed E-state index contributed by atoms with van der Waals surface area (Å²) in [6.45, 7) is 2.05. The molecule has 0 aliphatic rings. The topological polar surface area (TPSA) is 102 Å². The number of aliphatic hydroxyl groups is 2. The second kappa shape index (κ2) is 8.60. The second-order valence-electron chi connectivity index (χ2n) is 3.19. The monoisotopic (exact) mass is 221 g/mol. The normalized spacial score (nSPS) is 14.7. The van der Waals surface area contributed by atoms with Crippen LogP contribution in [-0.4, -0.2) is 54.8 Å². The van der Waals surface area contributed by atoms with E-state index in [1.165, 1.54) is 0 Å². The maximum Gasteiger partial charge on any atom is 0.323 e. The highest BCUT2D eigenvalue weighted by Crippen LogP contribution is 1.97. The first-order valence-corrected chi connectivity index (χ1v) is 4.86. The largest absolute Gasteiger partial charge is 0.462 e. The zero-order valence-electron chi connectivity index (χ0n) is 8.89. The van der Waals surface area contributed by atoms with Crippen molar-refractivity contribution in [2.45, 2.75) is 25.5 Å². The first-order chi connectivity index (χ1) is 7.07. The molecule has 0 rings (SSSR count). The molecule has 0 aromatic heterocycles. The molecule has 6 heteroatoms. The van der Waals surface area contributed by atoms with E-state index in [4.69, 9.17) is 25.4 Å². The SMILES string of the molecule is CC(O)CC(N)C(=O)OCCOCCO. The molecule has 0 saturated carbocycles. The summed E-state index contributed by atoms with van der Waals surface area (Å²) in [6.07, 6.45) is -0.450. The third-order valence-electron chi connectivity index (χ3n) is 1.61. The minimum absolute atomic E-state index is 0.0600. The number of hydrogen-bond acceptors (Lipinski definition) is 6. The lowest BCUT2D eigenvalue weighted by Gasteiger charge is -2.12.